The number of esters is 1. The van der Waals surface area contributed by atoms with Crippen LogP contribution in [0.5, 0.6) is 11.5 Å². The minimum Gasteiger partial charge on any atom is -0.490 e. The number of rotatable bonds is 9. The number of para-hydroxylation sites is 1. The van der Waals surface area contributed by atoms with E-state index < -0.39 is 12.1 Å². The van der Waals surface area contributed by atoms with E-state index in [0.29, 0.717) is 40.4 Å². The maximum atomic E-state index is 13.3. The highest BCUT2D eigenvalue weighted by Crippen LogP contribution is 2.29. The van der Waals surface area contributed by atoms with Crippen molar-refractivity contribution < 1.29 is 19.0 Å². The molecule has 0 saturated carbocycles. The smallest absolute Gasteiger partial charge is 0.347 e. The molecular formula is C28H27N3O5. The third kappa shape index (κ3) is 5.43. The normalized spacial score (nSPS) is 12.0. The molecule has 8 heteroatoms. The van der Waals surface area contributed by atoms with Crippen LogP contribution < -0.4 is 15.0 Å². The summed E-state index contributed by atoms with van der Waals surface area (Å²) in [6.07, 6.45) is 0.769. The Labute approximate surface area is 208 Å². The lowest BCUT2D eigenvalue weighted by Gasteiger charge is -2.16. The summed E-state index contributed by atoms with van der Waals surface area (Å²) in [7, 11) is 0. The molecule has 1 aromatic heterocycles. The van der Waals surface area contributed by atoms with Crippen LogP contribution in [-0.4, -0.2) is 41.2 Å². The molecule has 0 fully saturated rings. The van der Waals surface area contributed by atoms with Gasteiger partial charge in [-0.1, -0.05) is 42.5 Å². The van der Waals surface area contributed by atoms with Crippen molar-refractivity contribution in [3.8, 4) is 22.9 Å². The van der Waals surface area contributed by atoms with Gasteiger partial charge in [-0.05, 0) is 56.7 Å². The Morgan fingerprint density at radius 2 is 1.75 bits per heavy atom. The average molecular weight is 486 g/mol. The number of hydrogen-bond donors (Lipinski definition) is 0. The molecule has 0 aliphatic heterocycles. The maximum absolute atomic E-state index is 13.3. The third-order valence-electron chi connectivity index (χ3n) is 5.30. The van der Waals surface area contributed by atoms with E-state index in [2.05, 4.69) is 5.10 Å². The second-order valence-corrected chi connectivity index (χ2v) is 7.83. The van der Waals surface area contributed by atoms with Crippen molar-refractivity contribution >= 4 is 23.1 Å². The molecule has 0 bridgehead atoms. The summed E-state index contributed by atoms with van der Waals surface area (Å²) >= 11 is 0. The van der Waals surface area contributed by atoms with Crippen LogP contribution in [0.3, 0.4) is 0 Å². The number of hydrogen-bond acceptors (Lipinski definition) is 7. The van der Waals surface area contributed by atoms with Crippen LogP contribution in [0.25, 0.3) is 22.3 Å². The lowest BCUT2D eigenvalue weighted by Crippen LogP contribution is -2.26. The van der Waals surface area contributed by atoms with E-state index in [1.165, 1.54) is 4.68 Å². The first-order chi connectivity index (χ1) is 17.5. The molecule has 0 aliphatic carbocycles. The van der Waals surface area contributed by atoms with Crippen molar-refractivity contribution in [2.75, 3.05) is 13.2 Å². The predicted octanol–water partition coefficient (Wildman–Crippen LogP) is 4.67. The van der Waals surface area contributed by atoms with Crippen molar-refractivity contribution in [3.63, 3.8) is 0 Å². The van der Waals surface area contributed by atoms with E-state index in [0.717, 1.165) is 5.56 Å². The molecule has 36 heavy (non-hydrogen) atoms. The zero-order valence-electron chi connectivity index (χ0n) is 20.4. The molecule has 1 atom stereocenters. The Hall–Kier alpha value is -4.46. The second-order valence-electron chi connectivity index (χ2n) is 7.83. The minimum atomic E-state index is -0.792. The van der Waals surface area contributed by atoms with E-state index in [9.17, 15) is 9.59 Å². The maximum Gasteiger partial charge on any atom is 0.347 e. The van der Waals surface area contributed by atoms with Gasteiger partial charge >= 0.3 is 5.97 Å². The number of nitrogens with zero attached hydrogens (tertiary/aromatic N) is 3. The summed E-state index contributed by atoms with van der Waals surface area (Å²) < 4.78 is 17.8. The molecule has 3 aromatic carbocycles. The number of benzene rings is 3. The van der Waals surface area contributed by atoms with Gasteiger partial charge in [0.2, 0.25) is 0 Å². The van der Waals surface area contributed by atoms with Crippen LogP contribution in [0.2, 0.25) is 0 Å². The number of aromatic nitrogens is 2. The third-order valence-corrected chi connectivity index (χ3v) is 5.30. The quantitative estimate of drug-likeness (QED) is 0.253. The van der Waals surface area contributed by atoms with E-state index in [1.54, 1.807) is 50.4 Å². The Bertz CT molecular complexity index is 1450. The standard InChI is InChI=1S/C28H27N3O5/c1-4-34-25-17-20(15-16-24(25)36-19(3)28(33)35-5-2)18-29-31-26(21-11-7-6-8-12-21)30-23-14-10-9-13-22(23)27(31)32/h6-19H,4-5H2,1-3H3/t19-/m0/s1. The highest BCUT2D eigenvalue weighted by Gasteiger charge is 2.18. The van der Waals surface area contributed by atoms with Gasteiger partial charge in [0.25, 0.3) is 5.56 Å². The predicted molar refractivity (Wildman–Crippen MR) is 139 cm³/mol. The summed E-state index contributed by atoms with van der Waals surface area (Å²) in [5.74, 6) is 0.833. The minimum absolute atomic E-state index is 0.272. The fraction of sp³-hybridized carbons (Fsp3) is 0.214. The molecule has 0 saturated heterocycles. The molecule has 0 aliphatic rings. The van der Waals surface area contributed by atoms with Gasteiger partial charge in [-0.15, -0.1) is 0 Å². The van der Waals surface area contributed by atoms with Crippen molar-refractivity contribution in [1.82, 2.24) is 9.66 Å². The van der Waals surface area contributed by atoms with Gasteiger partial charge in [0.15, 0.2) is 23.4 Å². The Morgan fingerprint density at radius 1 is 1.00 bits per heavy atom. The molecule has 4 rings (SSSR count). The van der Waals surface area contributed by atoms with Crippen LogP contribution in [-0.2, 0) is 9.53 Å². The Balaban J connectivity index is 1.72. The van der Waals surface area contributed by atoms with Gasteiger partial charge in [-0.3, -0.25) is 4.79 Å². The highest BCUT2D eigenvalue weighted by atomic mass is 16.6. The Morgan fingerprint density at radius 3 is 2.50 bits per heavy atom. The molecule has 0 unspecified atom stereocenters. The van der Waals surface area contributed by atoms with E-state index in [1.807, 2.05) is 49.4 Å². The zero-order valence-corrected chi connectivity index (χ0v) is 20.4. The number of ether oxygens (including phenoxy) is 3. The largest absolute Gasteiger partial charge is 0.490 e. The highest BCUT2D eigenvalue weighted by molar-refractivity contribution is 5.83. The van der Waals surface area contributed by atoms with Gasteiger partial charge in [-0.25, -0.2) is 9.78 Å². The van der Waals surface area contributed by atoms with Gasteiger partial charge < -0.3 is 14.2 Å². The summed E-state index contributed by atoms with van der Waals surface area (Å²) in [6, 6.07) is 21.8. The second kappa shape index (κ2) is 11.3. The van der Waals surface area contributed by atoms with Crippen molar-refractivity contribution in [2.45, 2.75) is 26.9 Å². The van der Waals surface area contributed by atoms with E-state index in [-0.39, 0.29) is 12.2 Å². The lowest BCUT2D eigenvalue weighted by molar-refractivity contribution is -0.150. The first-order valence-corrected chi connectivity index (χ1v) is 11.7. The molecule has 0 N–H and O–H groups in total. The fourth-order valence-corrected chi connectivity index (χ4v) is 3.60. The summed E-state index contributed by atoms with van der Waals surface area (Å²) in [6.45, 7) is 5.88. The van der Waals surface area contributed by atoms with Crippen molar-refractivity contribution in [2.24, 2.45) is 5.10 Å². The van der Waals surface area contributed by atoms with Gasteiger partial charge in [0, 0.05) is 5.56 Å². The molecule has 184 valence electrons. The van der Waals surface area contributed by atoms with Gasteiger partial charge in [0.05, 0.1) is 30.3 Å². The molecule has 0 radical (unpaired) electrons. The molecule has 0 spiro atoms. The van der Waals surface area contributed by atoms with Crippen LogP contribution >= 0.6 is 0 Å². The summed E-state index contributed by atoms with van der Waals surface area (Å²) in [5.41, 5.74) is 1.77. The molecule has 1 heterocycles. The van der Waals surface area contributed by atoms with E-state index in [4.69, 9.17) is 19.2 Å². The molecule has 8 nitrogen and oxygen atoms in total. The SMILES string of the molecule is CCOC(=O)[C@H](C)Oc1ccc(C=Nn2c(-c3ccccc3)nc3ccccc3c2=O)cc1OCC. The van der Waals surface area contributed by atoms with Crippen molar-refractivity contribution in [3.05, 3.63) is 88.7 Å². The number of fused-ring (bicyclic) bond motifs is 1. The van der Waals surface area contributed by atoms with E-state index >= 15 is 0 Å². The van der Waals surface area contributed by atoms with Crippen LogP contribution in [0.15, 0.2) is 82.7 Å². The fourth-order valence-electron chi connectivity index (χ4n) is 3.60. The first kappa shape index (κ1) is 24.7. The van der Waals surface area contributed by atoms with Crippen LogP contribution in [0.1, 0.15) is 26.3 Å². The molecule has 0 amide bonds. The first-order valence-electron chi connectivity index (χ1n) is 11.7. The molecular weight excluding hydrogens is 458 g/mol. The number of carbonyl (C=O) groups excluding carboxylic acids is 1. The summed E-state index contributed by atoms with van der Waals surface area (Å²) in [4.78, 5) is 30.0. The monoisotopic (exact) mass is 485 g/mol. The molecule has 4 aromatic rings. The van der Waals surface area contributed by atoms with Gasteiger partial charge in [-0.2, -0.15) is 9.78 Å². The average Bonchev–Trinajstić information content (AvgIpc) is 2.90. The zero-order chi connectivity index (χ0) is 25.5. The lowest BCUT2D eigenvalue weighted by atomic mass is 10.2. The van der Waals surface area contributed by atoms with Crippen LogP contribution in [0, 0.1) is 0 Å². The van der Waals surface area contributed by atoms with Crippen LogP contribution in [0.4, 0.5) is 0 Å². The van der Waals surface area contributed by atoms with Gasteiger partial charge in [0.1, 0.15) is 0 Å². The topological polar surface area (TPSA) is 92.0 Å². The number of carbonyl (C=O) groups is 1. The van der Waals surface area contributed by atoms with Crippen molar-refractivity contribution in [1.29, 1.82) is 0 Å². The Kier molecular flexibility index (Phi) is 7.75. The summed E-state index contributed by atoms with van der Waals surface area (Å²) in [5, 5.41) is 4.97.